The molecule has 0 aliphatic rings. The van der Waals surface area contributed by atoms with E-state index < -0.39 is 37.4 Å². The molecule has 0 fully saturated rings. The molecular formula is C44H62N2NaO10S2+. The van der Waals surface area contributed by atoms with Crippen molar-refractivity contribution < 1.29 is 39.9 Å². The number of hydrogen-bond acceptors (Lipinski definition) is 9. The molecule has 0 radical (unpaired) electrons. The molecule has 0 saturated heterocycles. The summed E-state index contributed by atoms with van der Waals surface area (Å²) in [4.78, 5) is 17.4. The van der Waals surface area contributed by atoms with Crippen LogP contribution in [0, 0.1) is 0 Å². The van der Waals surface area contributed by atoms with Crippen molar-refractivity contribution in [2.45, 2.75) is 104 Å². The summed E-state index contributed by atoms with van der Waals surface area (Å²) in [6.07, 6.45) is 16.2. The topological polar surface area (TPSA) is 177 Å². The van der Waals surface area contributed by atoms with Crippen LogP contribution < -0.4 is 15.4 Å². The average Bonchev–Trinajstić information content (AvgIpc) is 3.14. The monoisotopic (exact) mass is 865 g/mol. The molecule has 0 amide bonds. The minimum absolute atomic E-state index is 0. The van der Waals surface area contributed by atoms with Crippen molar-refractivity contribution in [3.05, 3.63) is 81.9 Å². The number of fused-ring (bicyclic) bond motifs is 2. The van der Waals surface area contributed by atoms with Crippen molar-refractivity contribution >= 4 is 95.3 Å². The number of rotatable bonds is 23. The van der Waals surface area contributed by atoms with Crippen LogP contribution in [0.3, 0.4) is 0 Å². The summed E-state index contributed by atoms with van der Waals surface area (Å²) in [5.74, 6) is -0.400. The van der Waals surface area contributed by atoms with Crippen LogP contribution >= 0.6 is 0 Å². The van der Waals surface area contributed by atoms with Gasteiger partial charge in [-0.3, -0.25) is 9.11 Å². The van der Waals surface area contributed by atoms with Crippen molar-refractivity contribution in [1.29, 1.82) is 0 Å². The van der Waals surface area contributed by atoms with Gasteiger partial charge >= 0.3 is 46.5 Å². The maximum atomic E-state index is 13.2. The predicted octanol–water partition coefficient (Wildman–Crippen LogP) is 9.23. The molecule has 4 aromatic rings. The fourth-order valence-electron chi connectivity index (χ4n) is 6.82. The average molecular weight is 866 g/mol. The quantitative estimate of drug-likeness (QED) is 0.0161. The zero-order chi connectivity index (χ0) is 42.5. The second kappa shape index (κ2) is 23.1. The van der Waals surface area contributed by atoms with Crippen LogP contribution in [0.4, 0.5) is 11.4 Å². The Balaban J connectivity index is 0.00000930. The van der Waals surface area contributed by atoms with Crippen molar-refractivity contribution in [2.75, 3.05) is 47.5 Å². The Kier molecular flexibility index (Phi) is 19.6. The Labute approximate surface area is 372 Å². The number of hydrogen-bond donors (Lipinski definition) is 3. The third-order valence-electron chi connectivity index (χ3n) is 10.0. The van der Waals surface area contributed by atoms with Gasteiger partial charge in [-0.25, -0.2) is 9.21 Å². The van der Waals surface area contributed by atoms with Crippen LogP contribution in [0.15, 0.2) is 68.2 Å². The normalized spacial score (nSPS) is 12.5. The third-order valence-corrected chi connectivity index (χ3v) is 11.6. The van der Waals surface area contributed by atoms with Gasteiger partial charge in [0.1, 0.15) is 16.9 Å². The summed E-state index contributed by atoms with van der Waals surface area (Å²) in [5, 5.41) is 12.5. The molecule has 3 N–H and O–H groups in total. The SMILES string of the molecule is CCCCCCN(CCCCCC)c1ccc2c(O)c(/C=C/C=C/c3cc(C(C)(C)C)[o+]c4cc(N(CCCS(=O)(=O)O)CCCS(=O)(=O)O)ccc34)c(=O)oc2c1.[NaH]. The van der Waals surface area contributed by atoms with Gasteiger partial charge < -0.3 is 19.3 Å². The molecule has 0 saturated carbocycles. The molecule has 320 valence electrons. The number of nitrogens with zero attached hydrogens (tertiary/aromatic N) is 2. The van der Waals surface area contributed by atoms with E-state index in [0.717, 1.165) is 55.4 Å². The molecule has 2 aromatic carbocycles. The maximum absolute atomic E-state index is 13.2. The summed E-state index contributed by atoms with van der Waals surface area (Å²) in [7, 11) is -8.39. The molecule has 0 atom stereocenters. The summed E-state index contributed by atoms with van der Waals surface area (Å²) < 4.78 is 76.2. The fraction of sp³-hybridized carbons (Fsp3) is 0.500. The van der Waals surface area contributed by atoms with E-state index in [-0.39, 0.29) is 72.2 Å². The van der Waals surface area contributed by atoms with Crippen molar-refractivity contribution in [3.8, 4) is 5.75 Å². The second-order valence-electron chi connectivity index (χ2n) is 15.9. The van der Waals surface area contributed by atoms with Crippen molar-refractivity contribution in [1.82, 2.24) is 0 Å². The third kappa shape index (κ3) is 15.9. The van der Waals surface area contributed by atoms with Gasteiger partial charge in [-0.15, -0.1) is 0 Å². The Morgan fingerprint density at radius 1 is 0.695 bits per heavy atom. The molecule has 4 rings (SSSR count). The van der Waals surface area contributed by atoms with E-state index in [0.29, 0.717) is 28.0 Å². The molecule has 15 heteroatoms. The van der Waals surface area contributed by atoms with Crippen LogP contribution in [-0.2, 0) is 25.7 Å². The standard InChI is InChI=1S/C44H60N2O10S2.Na.H/c1-6-8-10-14-24-45(25-15-11-9-7-2)35-21-23-37-40(32-35)56-43(48)38(42(37)47)19-13-12-18-33-30-41(44(3,4)5)55-39-31-34(20-22-36(33)39)46(26-16-28-57(49,50)51)27-17-29-58(52,53)54;;/h12-13,18-23,30-32H,6-11,14-17,24-29H2,1-5H3,(H2-,47,48,49,50,51,52,53,54);;/p+1. The molecule has 0 aliphatic carbocycles. The molecule has 2 heterocycles. The van der Waals surface area contributed by atoms with E-state index in [4.69, 9.17) is 8.83 Å². The Hall–Kier alpha value is -3.24. The van der Waals surface area contributed by atoms with E-state index >= 15 is 0 Å². The molecule has 12 nitrogen and oxygen atoms in total. The minimum atomic E-state index is -4.20. The van der Waals surface area contributed by atoms with E-state index in [2.05, 4.69) is 18.7 Å². The van der Waals surface area contributed by atoms with Crippen LogP contribution in [0.1, 0.15) is 116 Å². The molecule has 0 aliphatic heterocycles. The fourth-order valence-corrected chi connectivity index (χ4v) is 7.81. The van der Waals surface area contributed by atoms with Crippen LogP contribution in [0.2, 0.25) is 0 Å². The first-order valence-corrected chi connectivity index (χ1v) is 23.6. The molecule has 0 bridgehead atoms. The molecule has 59 heavy (non-hydrogen) atoms. The first kappa shape index (κ1) is 50.1. The Morgan fingerprint density at radius 3 is 1.73 bits per heavy atom. The molecule has 2 aromatic heterocycles. The zero-order valence-electron chi connectivity index (χ0n) is 34.6. The summed E-state index contributed by atoms with van der Waals surface area (Å²) in [6, 6.07) is 13.0. The molecular weight excluding hydrogens is 804 g/mol. The van der Waals surface area contributed by atoms with Gasteiger partial charge in [-0.2, -0.15) is 16.8 Å². The van der Waals surface area contributed by atoms with Gasteiger partial charge in [0, 0.05) is 55.2 Å². The number of allylic oxidation sites excluding steroid dienone is 2. The molecule has 0 unspecified atom stereocenters. The number of aromatic hydroxyl groups is 1. The summed E-state index contributed by atoms with van der Waals surface area (Å²) in [5.41, 5.74) is 2.29. The Morgan fingerprint density at radius 2 is 1.20 bits per heavy atom. The second-order valence-corrected chi connectivity index (χ2v) is 19.1. The number of unbranched alkanes of at least 4 members (excludes halogenated alkanes) is 6. The first-order valence-electron chi connectivity index (χ1n) is 20.4. The first-order chi connectivity index (χ1) is 27.4. The number of benzene rings is 2. The van der Waals surface area contributed by atoms with Crippen molar-refractivity contribution in [3.63, 3.8) is 0 Å². The summed E-state index contributed by atoms with van der Waals surface area (Å²) in [6.45, 7) is 12.7. The van der Waals surface area contributed by atoms with E-state index in [9.17, 15) is 35.8 Å². The van der Waals surface area contributed by atoms with Crippen molar-refractivity contribution in [2.24, 2.45) is 0 Å². The van der Waals surface area contributed by atoms with Gasteiger partial charge in [-0.1, -0.05) is 70.6 Å². The van der Waals surface area contributed by atoms with Gasteiger partial charge in [0.05, 0.1) is 33.8 Å². The van der Waals surface area contributed by atoms with E-state index in [1.807, 2.05) is 63.2 Å². The number of anilines is 2. The van der Waals surface area contributed by atoms with Crippen LogP contribution in [-0.4, -0.2) is 98.3 Å². The van der Waals surface area contributed by atoms with Crippen LogP contribution in [0.25, 0.3) is 34.1 Å². The summed E-state index contributed by atoms with van der Waals surface area (Å²) >= 11 is 0. The van der Waals surface area contributed by atoms with Gasteiger partial charge in [0.15, 0.2) is 0 Å². The van der Waals surface area contributed by atoms with Gasteiger partial charge in [0.25, 0.3) is 20.2 Å². The predicted molar refractivity (Wildman–Crippen MR) is 243 cm³/mol. The van der Waals surface area contributed by atoms with E-state index in [1.54, 1.807) is 23.1 Å². The molecule has 0 spiro atoms. The van der Waals surface area contributed by atoms with E-state index in [1.165, 1.54) is 31.8 Å². The zero-order valence-corrected chi connectivity index (χ0v) is 36.2. The van der Waals surface area contributed by atoms with Gasteiger partial charge in [0.2, 0.25) is 0 Å². The Bertz CT molecular complexity index is 2290. The van der Waals surface area contributed by atoms with Gasteiger partial charge in [-0.05, 0) is 76.8 Å². The van der Waals surface area contributed by atoms with Crippen LogP contribution in [0.5, 0.6) is 5.75 Å².